The first kappa shape index (κ1) is 19.0. The normalized spacial score (nSPS) is 19.2. The predicted octanol–water partition coefficient (Wildman–Crippen LogP) is 2.50. The molecule has 0 unspecified atom stereocenters. The summed E-state index contributed by atoms with van der Waals surface area (Å²) in [6.07, 6.45) is -2.79. The molecule has 1 aliphatic heterocycles. The second-order valence-electron chi connectivity index (χ2n) is 5.99. The van der Waals surface area contributed by atoms with E-state index >= 15 is 0 Å². The van der Waals surface area contributed by atoms with Gasteiger partial charge in [-0.15, -0.1) is 0 Å². The van der Waals surface area contributed by atoms with E-state index in [0.29, 0.717) is 18.3 Å². The largest absolute Gasteiger partial charge is 0.491 e. The minimum absolute atomic E-state index is 0.0136. The Labute approximate surface area is 143 Å². The van der Waals surface area contributed by atoms with E-state index in [0.717, 1.165) is 31.5 Å². The number of carbonyl (C=O) groups excluding carboxylic acids is 1. The number of carbonyl (C=O) groups is 1. The van der Waals surface area contributed by atoms with E-state index < -0.39 is 17.6 Å². The lowest BCUT2D eigenvalue weighted by atomic mass is 10.1. The summed E-state index contributed by atoms with van der Waals surface area (Å²) < 4.78 is 43.9. The molecule has 0 radical (unpaired) electrons. The third-order valence-corrected chi connectivity index (χ3v) is 4.11. The number of ether oxygens (including phenoxy) is 1. The van der Waals surface area contributed by atoms with Gasteiger partial charge in [-0.1, -0.05) is 5.16 Å². The van der Waals surface area contributed by atoms with Gasteiger partial charge in [-0.2, -0.15) is 13.2 Å². The van der Waals surface area contributed by atoms with Crippen molar-refractivity contribution in [1.29, 1.82) is 0 Å². The fraction of sp³-hybridized carbons (Fsp3) is 0.500. The summed E-state index contributed by atoms with van der Waals surface area (Å²) in [5, 5.41) is 11.9. The minimum Gasteiger partial charge on any atom is -0.491 e. The summed E-state index contributed by atoms with van der Waals surface area (Å²) >= 11 is 0. The van der Waals surface area contributed by atoms with Crippen LogP contribution in [0, 0.1) is 0 Å². The molecule has 138 valence electrons. The molecule has 1 heterocycles. The van der Waals surface area contributed by atoms with Crippen LogP contribution in [-0.4, -0.2) is 47.5 Å². The summed E-state index contributed by atoms with van der Waals surface area (Å²) in [5.41, 5.74) is 4.48. The van der Waals surface area contributed by atoms with Gasteiger partial charge in [-0.25, -0.2) is 0 Å². The molecular formula is C16H20F3N3O3. The van der Waals surface area contributed by atoms with Crippen LogP contribution in [0.15, 0.2) is 23.4 Å². The zero-order chi connectivity index (χ0) is 18.6. The number of halogens is 3. The summed E-state index contributed by atoms with van der Waals surface area (Å²) in [6, 6.07) is 2.69. The molecule has 1 fully saturated rings. The van der Waals surface area contributed by atoms with Gasteiger partial charge in [0.2, 0.25) is 0 Å². The van der Waals surface area contributed by atoms with Crippen molar-refractivity contribution in [1.82, 2.24) is 4.90 Å². The molecule has 0 spiro atoms. The maximum atomic E-state index is 12.8. The van der Waals surface area contributed by atoms with Crippen molar-refractivity contribution in [3.05, 3.63) is 29.3 Å². The number of likely N-dealkylation sites (tertiary alicyclic amines) is 1. The van der Waals surface area contributed by atoms with Gasteiger partial charge in [0, 0.05) is 12.6 Å². The van der Waals surface area contributed by atoms with Crippen LogP contribution in [0.5, 0.6) is 5.75 Å². The summed E-state index contributed by atoms with van der Waals surface area (Å²) in [6.45, 7) is 3.17. The fourth-order valence-corrected chi connectivity index (χ4v) is 2.83. The van der Waals surface area contributed by atoms with Gasteiger partial charge in [0.1, 0.15) is 12.4 Å². The molecule has 1 aliphatic rings. The zero-order valence-electron chi connectivity index (χ0n) is 13.7. The quantitative estimate of drug-likeness (QED) is 0.464. The molecule has 1 saturated heterocycles. The Hall–Kier alpha value is -2.29. The lowest BCUT2D eigenvalue weighted by Gasteiger charge is -2.24. The number of amides is 1. The van der Waals surface area contributed by atoms with Crippen molar-refractivity contribution in [2.45, 2.75) is 32.0 Å². The number of nitrogens with zero attached hydrogens (tertiary/aromatic N) is 2. The first-order valence-electron chi connectivity index (χ1n) is 7.77. The molecule has 0 bridgehead atoms. The predicted molar refractivity (Wildman–Crippen MR) is 84.9 cm³/mol. The first-order chi connectivity index (χ1) is 11.7. The number of oxime groups is 1. The van der Waals surface area contributed by atoms with Crippen molar-refractivity contribution >= 4 is 11.6 Å². The molecule has 0 aliphatic carbocycles. The van der Waals surface area contributed by atoms with Crippen LogP contribution in [0.1, 0.15) is 35.7 Å². The number of nitrogens with two attached hydrogens (primary N) is 1. The Morgan fingerprint density at radius 2 is 2.20 bits per heavy atom. The van der Waals surface area contributed by atoms with E-state index in [1.54, 1.807) is 6.92 Å². The SMILES string of the molecule is C/C(CN1CCC[C@H]1COc1ccc(C(F)(F)F)cc1C(N)=O)=N\O. The van der Waals surface area contributed by atoms with Gasteiger partial charge in [0.05, 0.1) is 16.8 Å². The Balaban J connectivity index is 2.10. The lowest BCUT2D eigenvalue weighted by molar-refractivity contribution is -0.137. The molecule has 0 saturated carbocycles. The van der Waals surface area contributed by atoms with Crippen LogP contribution in [0.4, 0.5) is 13.2 Å². The van der Waals surface area contributed by atoms with Crippen LogP contribution in [0.25, 0.3) is 0 Å². The van der Waals surface area contributed by atoms with Gasteiger partial charge in [-0.05, 0) is 44.5 Å². The highest BCUT2D eigenvalue weighted by Crippen LogP contribution is 2.32. The van der Waals surface area contributed by atoms with E-state index in [-0.39, 0.29) is 24.0 Å². The van der Waals surface area contributed by atoms with Crippen molar-refractivity contribution < 1.29 is 27.9 Å². The molecule has 3 N–H and O–H groups in total. The van der Waals surface area contributed by atoms with E-state index in [1.807, 2.05) is 0 Å². The first-order valence-corrected chi connectivity index (χ1v) is 7.77. The Morgan fingerprint density at radius 1 is 1.48 bits per heavy atom. The maximum Gasteiger partial charge on any atom is 0.416 e. The Kier molecular flexibility index (Phi) is 5.89. The number of rotatable bonds is 6. The van der Waals surface area contributed by atoms with Gasteiger partial charge >= 0.3 is 6.18 Å². The Bertz CT molecular complexity index is 662. The van der Waals surface area contributed by atoms with Crippen LogP contribution in [0.3, 0.4) is 0 Å². The van der Waals surface area contributed by atoms with Gasteiger partial charge in [-0.3, -0.25) is 9.69 Å². The van der Waals surface area contributed by atoms with E-state index in [4.69, 9.17) is 15.7 Å². The fourth-order valence-electron chi connectivity index (χ4n) is 2.83. The molecule has 2 rings (SSSR count). The van der Waals surface area contributed by atoms with Crippen molar-refractivity contribution in [3.63, 3.8) is 0 Å². The van der Waals surface area contributed by atoms with Gasteiger partial charge in [0.25, 0.3) is 5.91 Å². The van der Waals surface area contributed by atoms with Crippen molar-refractivity contribution in [2.75, 3.05) is 19.7 Å². The lowest BCUT2D eigenvalue weighted by Crippen LogP contribution is -2.37. The van der Waals surface area contributed by atoms with Crippen molar-refractivity contribution in [2.24, 2.45) is 10.9 Å². The molecule has 1 amide bonds. The van der Waals surface area contributed by atoms with Crippen LogP contribution in [-0.2, 0) is 6.18 Å². The molecule has 25 heavy (non-hydrogen) atoms. The summed E-state index contributed by atoms with van der Waals surface area (Å²) in [4.78, 5) is 13.5. The summed E-state index contributed by atoms with van der Waals surface area (Å²) in [5.74, 6) is -0.951. The van der Waals surface area contributed by atoms with Crippen LogP contribution >= 0.6 is 0 Å². The van der Waals surface area contributed by atoms with Crippen LogP contribution < -0.4 is 10.5 Å². The number of hydrogen-bond donors (Lipinski definition) is 2. The Morgan fingerprint density at radius 3 is 2.80 bits per heavy atom. The molecule has 1 atom stereocenters. The molecular weight excluding hydrogens is 339 g/mol. The monoisotopic (exact) mass is 359 g/mol. The number of primary amides is 1. The molecule has 0 aromatic heterocycles. The third kappa shape index (κ3) is 4.85. The maximum absolute atomic E-state index is 12.8. The third-order valence-electron chi connectivity index (χ3n) is 4.11. The topological polar surface area (TPSA) is 88.2 Å². The molecule has 1 aromatic carbocycles. The highest BCUT2D eigenvalue weighted by atomic mass is 19.4. The standard InChI is InChI=1S/C16H20F3N3O3/c1-10(21-24)8-22-6-2-3-12(22)9-25-14-5-4-11(16(17,18)19)7-13(14)15(20)23/h4-5,7,12,24H,2-3,6,8-9H2,1H3,(H2,20,23)/b21-10+/t12-/m0/s1. The molecule has 6 nitrogen and oxygen atoms in total. The number of alkyl halides is 3. The summed E-state index contributed by atoms with van der Waals surface area (Å²) in [7, 11) is 0. The molecule has 9 heteroatoms. The minimum atomic E-state index is -4.56. The molecule has 1 aromatic rings. The van der Waals surface area contributed by atoms with Crippen LogP contribution in [0.2, 0.25) is 0 Å². The number of benzene rings is 1. The average molecular weight is 359 g/mol. The second kappa shape index (κ2) is 7.73. The van der Waals surface area contributed by atoms with Crippen molar-refractivity contribution in [3.8, 4) is 5.75 Å². The van der Waals surface area contributed by atoms with E-state index in [9.17, 15) is 18.0 Å². The van der Waals surface area contributed by atoms with Gasteiger partial charge in [0.15, 0.2) is 0 Å². The average Bonchev–Trinajstić information content (AvgIpc) is 2.98. The highest BCUT2D eigenvalue weighted by Gasteiger charge is 2.32. The second-order valence-corrected chi connectivity index (χ2v) is 5.99. The smallest absolute Gasteiger partial charge is 0.416 e. The zero-order valence-corrected chi connectivity index (χ0v) is 13.7. The van der Waals surface area contributed by atoms with Gasteiger partial charge < -0.3 is 15.7 Å². The highest BCUT2D eigenvalue weighted by molar-refractivity contribution is 5.95. The van der Waals surface area contributed by atoms with E-state index in [2.05, 4.69) is 10.1 Å². The number of hydrogen-bond acceptors (Lipinski definition) is 5. The van der Waals surface area contributed by atoms with E-state index in [1.165, 1.54) is 0 Å².